The van der Waals surface area contributed by atoms with Gasteiger partial charge >= 0.3 is 6.09 Å². The van der Waals surface area contributed by atoms with Crippen molar-refractivity contribution in [1.29, 1.82) is 0 Å². The minimum atomic E-state index is -0.499. The highest BCUT2D eigenvalue weighted by Crippen LogP contribution is 2.20. The van der Waals surface area contributed by atoms with Gasteiger partial charge in [-0.15, -0.1) is 0 Å². The Labute approximate surface area is 79.6 Å². The van der Waals surface area contributed by atoms with E-state index >= 15 is 0 Å². The monoisotopic (exact) mass is 192 g/mol. The van der Waals surface area contributed by atoms with E-state index in [1.165, 1.54) is 7.05 Å². The van der Waals surface area contributed by atoms with Crippen LogP contribution < -0.4 is 10.1 Å². The molecule has 1 aromatic heterocycles. The number of carbonyl (C=O) groups excluding carboxylic acids is 1. The Morgan fingerprint density at radius 3 is 3.21 bits per heavy atom. The Bertz CT molecular complexity index is 464. The van der Waals surface area contributed by atoms with Gasteiger partial charge in [0.25, 0.3) is 0 Å². The van der Waals surface area contributed by atoms with E-state index in [4.69, 9.17) is 9.26 Å². The molecular formula is C9H8N2O3. The first-order valence-corrected chi connectivity index (χ1v) is 4.03. The second-order valence-electron chi connectivity index (χ2n) is 2.66. The Balaban J connectivity index is 2.30. The molecule has 0 aliphatic rings. The lowest BCUT2D eigenvalue weighted by molar-refractivity contribution is 0.203. The molecule has 5 nitrogen and oxygen atoms in total. The molecule has 0 aliphatic heterocycles. The molecule has 1 N–H and O–H groups in total. The van der Waals surface area contributed by atoms with E-state index in [2.05, 4.69) is 10.5 Å². The Morgan fingerprint density at radius 2 is 2.43 bits per heavy atom. The Hall–Kier alpha value is -2.04. The first kappa shape index (κ1) is 8.55. The summed E-state index contributed by atoms with van der Waals surface area (Å²) in [4.78, 5) is 10.9. The smallest absolute Gasteiger partial charge is 0.410 e. The summed E-state index contributed by atoms with van der Waals surface area (Å²) in [6, 6.07) is 5.02. The number of fused-ring (bicyclic) bond motifs is 1. The highest BCUT2D eigenvalue weighted by Gasteiger charge is 2.04. The van der Waals surface area contributed by atoms with Gasteiger partial charge in [0, 0.05) is 12.4 Å². The maximum atomic E-state index is 10.9. The summed E-state index contributed by atoms with van der Waals surface area (Å²) in [6.07, 6.45) is 1.06. The minimum Gasteiger partial charge on any atom is -0.410 e. The molecule has 2 rings (SSSR count). The molecule has 0 unspecified atom stereocenters. The average Bonchev–Trinajstić information content (AvgIpc) is 2.64. The third-order valence-corrected chi connectivity index (χ3v) is 1.74. The van der Waals surface area contributed by atoms with Crippen LogP contribution in [0.3, 0.4) is 0 Å². The van der Waals surface area contributed by atoms with E-state index in [0.717, 1.165) is 5.39 Å². The van der Waals surface area contributed by atoms with Gasteiger partial charge in [-0.3, -0.25) is 0 Å². The molecule has 1 heterocycles. The van der Waals surface area contributed by atoms with Crippen LogP contribution in [0.15, 0.2) is 28.9 Å². The number of nitrogens with zero attached hydrogens (tertiary/aromatic N) is 1. The number of nitrogens with one attached hydrogen (secondary N) is 1. The van der Waals surface area contributed by atoms with E-state index in [9.17, 15) is 4.79 Å². The minimum absolute atomic E-state index is 0.458. The van der Waals surface area contributed by atoms with Crippen LogP contribution in [0, 0.1) is 0 Å². The molecule has 72 valence electrons. The highest BCUT2D eigenvalue weighted by molar-refractivity contribution is 5.79. The van der Waals surface area contributed by atoms with Gasteiger partial charge in [0.2, 0.25) is 0 Å². The first-order chi connectivity index (χ1) is 6.79. The fraction of sp³-hybridized carbons (Fsp3) is 0.111. The van der Waals surface area contributed by atoms with Crippen LogP contribution >= 0.6 is 0 Å². The molecule has 1 amide bonds. The SMILES string of the molecule is CNC(=O)Oc1ccc2oncc2c1. The number of hydrogen-bond donors (Lipinski definition) is 1. The molecule has 0 atom stereocenters. The molecular weight excluding hydrogens is 184 g/mol. The molecule has 1 aromatic carbocycles. The second kappa shape index (κ2) is 3.37. The van der Waals surface area contributed by atoms with Gasteiger partial charge in [-0.1, -0.05) is 5.16 Å². The molecule has 0 aliphatic carbocycles. The van der Waals surface area contributed by atoms with Crippen molar-refractivity contribution in [1.82, 2.24) is 10.5 Å². The van der Waals surface area contributed by atoms with Crippen molar-refractivity contribution in [3.63, 3.8) is 0 Å². The van der Waals surface area contributed by atoms with Crippen molar-refractivity contribution in [3.05, 3.63) is 24.4 Å². The van der Waals surface area contributed by atoms with E-state index in [1.807, 2.05) is 0 Å². The summed E-state index contributed by atoms with van der Waals surface area (Å²) in [5.41, 5.74) is 0.661. The number of benzene rings is 1. The molecule has 0 saturated carbocycles. The van der Waals surface area contributed by atoms with Gasteiger partial charge in [-0.2, -0.15) is 0 Å². The van der Waals surface area contributed by atoms with Gasteiger partial charge in [-0.05, 0) is 18.2 Å². The summed E-state index contributed by atoms with van der Waals surface area (Å²) in [5, 5.41) is 6.76. The zero-order valence-corrected chi connectivity index (χ0v) is 7.48. The Kier molecular flexibility index (Phi) is 2.06. The van der Waals surface area contributed by atoms with Crippen molar-refractivity contribution < 1.29 is 14.1 Å². The van der Waals surface area contributed by atoms with Gasteiger partial charge in [-0.25, -0.2) is 4.79 Å². The fourth-order valence-electron chi connectivity index (χ4n) is 1.07. The number of hydrogen-bond acceptors (Lipinski definition) is 4. The molecule has 2 aromatic rings. The average molecular weight is 192 g/mol. The van der Waals surface area contributed by atoms with Gasteiger partial charge in [0.15, 0.2) is 5.58 Å². The third kappa shape index (κ3) is 1.52. The van der Waals surface area contributed by atoms with E-state index in [0.29, 0.717) is 11.3 Å². The predicted octanol–water partition coefficient (Wildman–Crippen LogP) is 1.55. The second-order valence-corrected chi connectivity index (χ2v) is 2.66. The van der Waals surface area contributed by atoms with Crippen LogP contribution in [0.1, 0.15) is 0 Å². The molecule has 14 heavy (non-hydrogen) atoms. The molecule has 0 fully saturated rings. The van der Waals surface area contributed by atoms with Gasteiger partial charge in [0.1, 0.15) is 5.75 Å². The van der Waals surface area contributed by atoms with Crippen molar-refractivity contribution in [2.75, 3.05) is 7.05 Å². The zero-order chi connectivity index (χ0) is 9.97. The van der Waals surface area contributed by atoms with Crippen molar-refractivity contribution >= 4 is 17.1 Å². The predicted molar refractivity (Wildman–Crippen MR) is 49.1 cm³/mol. The maximum Gasteiger partial charge on any atom is 0.412 e. The number of aromatic nitrogens is 1. The van der Waals surface area contributed by atoms with Crippen LogP contribution in [0.4, 0.5) is 4.79 Å². The Morgan fingerprint density at radius 1 is 1.57 bits per heavy atom. The maximum absolute atomic E-state index is 10.9. The van der Waals surface area contributed by atoms with Crippen molar-refractivity contribution in [3.8, 4) is 5.75 Å². The normalized spacial score (nSPS) is 10.1. The summed E-state index contributed by atoms with van der Waals surface area (Å²) in [6.45, 7) is 0. The molecule has 0 spiro atoms. The molecule has 0 radical (unpaired) electrons. The number of carbonyl (C=O) groups is 1. The van der Waals surface area contributed by atoms with E-state index < -0.39 is 6.09 Å². The molecule has 5 heteroatoms. The molecule has 0 saturated heterocycles. The summed E-state index contributed by atoms with van der Waals surface area (Å²) in [7, 11) is 1.50. The lowest BCUT2D eigenvalue weighted by atomic mass is 10.2. The van der Waals surface area contributed by atoms with Crippen LogP contribution in [0.25, 0.3) is 11.0 Å². The quantitative estimate of drug-likeness (QED) is 0.744. The summed E-state index contributed by atoms with van der Waals surface area (Å²) >= 11 is 0. The number of amides is 1. The summed E-state index contributed by atoms with van der Waals surface area (Å²) < 4.78 is 9.82. The largest absolute Gasteiger partial charge is 0.412 e. The van der Waals surface area contributed by atoms with Gasteiger partial charge in [0.05, 0.1) is 6.20 Å². The van der Waals surface area contributed by atoms with Crippen LogP contribution in [-0.4, -0.2) is 18.3 Å². The van der Waals surface area contributed by atoms with Crippen LogP contribution in [0.5, 0.6) is 5.75 Å². The van der Waals surface area contributed by atoms with E-state index in [1.54, 1.807) is 24.4 Å². The van der Waals surface area contributed by atoms with Crippen molar-refractivity contribution in [2.24, 2.45) is 0 Å². The number of rotatable bonds is 1. The lowest BCUT2D eigenvalue weighted by Crippen LogP contribution is -2.21. The highest BCUT2D eigenvalue weighted by atomic mass is 16.6. The van der Waals surface area contributed by atoms with E-state index in [-0.39, 0.29) is 0 Å². The zero-order valence-electron chi connectivity index (χ0n) is 7.48. The van der Waals surface area contributed by atoms with Crippen LogP contribution in [-0.2, 0) is 0 Å². The topological polar surface area (TPSA) is 64.4 Å². The number of ether oxygens (including phenoxy) is 1. The third-order valence-electron chi connectivity index (χ3n) is 1.74. The van der Waals surface area contributed by atoms with Crippen LogP contribution in [0.2, 0.25) is 0 Å². The first-order valence-electron chi connectivity index (χ1n) is 4.03. The fourth-order valence-corrected chi connectivity index (χ4v) is 1.07. The van der Waals surface area contributed by atoms with Gasteiger partial charge < -0.3 is 14.6 Å². The lowest BCUT2D eigenvalue weighted by Gasteiger charge is -2.01. The summed E-state index contributed by atoms with van der Waals surface area (Å²) in [5.74, 6) is 0.458. The van der Waals surface area contributed by atoms with Crippen molar-refractivity contribution in [2.45, 2.75) is 0 Å². The molecule has 0 bridgehead atoms. The standard InChI is InChI=1S/C9H8N2O3/c1-10-9(12)13-7-2-3-8-6(4-7)5-11-14-8/h2-5H,1H3,(H,10,12).